The Morgan fingerprint density at radius 2 is 1.85 bits per heavy atom. The van der Waals surface area contributed by atoms with Gasteiger partial charge in [0.2, 0.25) is 5.89 Å². The Balaban J connectivity index is 1.54. The number of para-hydroxylation sites is 1. The molecule has 0 N–H and O–H groups in total. The minimum atomic E-state index is 0.603. The maximum Gasteiger partial charge on any atom is 0.242 e. The van der Waals surface area contributed by atoms with Gasteiger partial charge < -0.3 is 4.42 Å². The number of nitrogens with zero attached hydrogens (tertiary/aromatic N) is 3. The molecule has 0 radical (unpaired) electrons. The normalized spacial score (nSPS) is 13.1. The number of aromatic nitrogens is 2. The quantitative estimate of drug-likeness (QED) is 0.505. The van der Waals surface area contributed by atoms with Gasteiger partial charge in [-0.15, -0.1) is 0 Å². The molecular formula is C22H17N3O. The molecule has 0 spiro atoms. The van der Waals surface area contributed by atoms with Gasteiger partial charge in [-0.25, -0.2) is 9.98 Å². The molecule has 2 aromatic heterocycles. The lowest BCUT2D eigenvalue weighted by molar-refractivity contribution is 0.589. The second kappa shape index (κ2) is 5.63. The summed E-state index contributed by atoms with van der Waals surface area (Å²) in [6.07, 6.45) is 2.66. The summed E-state index contributed by atoms with van der Waals surface area (Å²) in [5, 5.41) is 0. The number of rotatable bonds is 2. The maximum atomic E-state index is 6.04. The number of aliphatic imine (C=N–C) groups is 1. The van der Waals surface area contributed by atoms with Crippen molar-refractivity contribution in [1.29, 1.82) is 0 Å². The molecule has 26 heavy (non-hydrogen) atoms. The lowest BCUT2D eigenvalue weighted by atomic mass is 10.0. The van der Waals surface area contributed by atoms with E-state index in [0.717, 1.165) is 45.7 Å². The molecule has 5 rings (SSSR count). The first-order valence-corrected chi connectivity index (χ1v) is 8.67. The molecule has 0 amide bonds. The van der Waals surface area contributed by atoms with Crippen LogP contribution in [0.15, 0.2) is 64.1 Å². The van der Waals surface area contributed by atoms with Crippen LogP contribution in [0.4, 0.5) is 5.69 Å². The molecule has 0 atom stereocenters. The van der Waals surface area contributed by atoms with Crippen LogP contribution >= 0.6 is 0 Å². The molecule has 0 aliphatic carbocycles. The van der Waals surface area contributed by atoms with Crippen molar-refractivity contribution in [3.8, 4) is 11.1 Å². The molecule has 1 aliphatic rings. The zero-order chi connectivity index (χ0) is 17.7. The van der Waals surface area contributed by atoms with Crippen molar-refractivity contribution in [2.45, 2.75) is 20.3 Å². The summed E-state index contributed by atoms with van der Waals surface area (Å²) in [7, 11) is 0. The fourth-order valence-corrected chi connectivity index (χ4v) is 3.29. The molecule has 0 unspecified atom stereocenters. The Kier molecular flexibility index (Phi) is 3.25. The molecule has 0 saturated carbocycles. The van der Waals surface area contributed by atoms with Crippen LogP contribution < -0.4 is 0 Å². The number of hydrogen-bond acceptors (Lipinski definition) is 4. The molecule has 0 fully saturated rings. The lowest BCUT2D eigenvalue weighted by Crippen LogP contribution is -2.00. The van der Waals surface area contributed by atoms with Gasteiger partial charge >= 0.3 is 0 Å². The summed E-state index contributed by atoms with van der Waals surface area (Å²) in [5.74, 6) is 0.603. The van der Waals surface area contributed by atoms with E-state index in [1.54, 1.807) is 0 Å². The van der Waals surface area contributed by atoms with Crippen LogP contribution in [0.5, 0.6) is 0 Å². The van der Waals surface area contributed by atoms with Crippen molar-refractivity contribution in [2.24, 2.45) is 4.99 Å². The maximum absolute atomic E-state index is 6.04. The standard InChI is InChI=1S/C22H17N3O/c1-13-9-17(12-23-14(13)2)15-7-8-19-21(11-15)26-22(25-19)20-10-16-5-3-4-6-18(16)24-20/h3-9,11-12H,10H2,1-2H3. The van der Waals surface area contributed by atoms with Gasteiger partial charge in [-0.2, -0.15) is 0 Å². The fourth-order valence-electron chi connectivity index (χ4n) is 3.29. The van der Waals surface area contributed by atoms with Crippen LogP contribution in [0.25, 0.3) is 22.2 Å². The topological polar surface area (TPSA) is 51.3 Å². The molecule has 4 nitrogen and oxygen atoms in total. The predicted octanol–water partition coefficient (Wildman–Crippen LogP) is 5.18. The van der Waals surface area contributed by atoms with E-state index < -0.39 is 0 Å². The summed E-state index contributed by atoms with van der Waals surface area (Å²) in [4.78, 5) is 13.8. The molecular weight excluding hydrogens is 322 g/mol. The molecule has 0 saturated heterocycles. The van der Waals surface area contributed by atoms with Gasteiger partial charge in [0, 0.05) is 23.9 Å². The minimum absolute atomic E-state index is 0.603. The Morgan fingerprint density at radius 1 is 0.962 bits per heavy atom. The van der Waals surface area contributed by atoms with Gasteiger partial charge in [-0.1, -0.05) is 24.3 Å². The third-order valence-corrected chi connectivity index (χ3v) is 4.91. The number of benzene rings is 2. The van der Waals surface area contributed by atoms with Gasteiger partial charge in [0.25, 0.3) is 0 Å². The summed E-state index contributed by atoms with van der Waals surface area (Å²) < 4.78 is 6.04. The van der Waals surface area contributed by atoms with E-state index in [2.05, 4.69) is 40.1 Å². The van der Waals surface area contributed by atoms with E-state index in [-0.39, 0.29) is 0 Å². The highest BCUT2D eigenvalue weighted by molar-refractivity contribution is 6.04. The first-order chi connectivity index (χ1) is 12.7. The second-order valence-corrected chi connectivity index (χ2v) is 6.69. The number of aryl methyl sites for hydroxylation is 2. The lowest BCUT2D eigenvalue weighted by Gasteiger charge is -2.04. The molecule has 126 valence electrons. The van der Waals surface area contributed by atoms with E-state index >= 15 is 0 Å². The highest BCUT2D eigenvalue weighted by atomic mass is 16.3. The highest BCUT2D eigenvalue weighted by Crippen LogP contribution is 2.30. The Hall–Kier alpha value is -3.27. The van der Waals surface area contributed by atoms with Crippen molar-refractivity contribution >= 4 is 22.5 Å². The molecule has 2 aromatic carbocycles. The third-order valence-electron chi connectivity index (χ3n) is 4.91. The van der Waals surface area contributed by atoms with E-state index in [0.29, 0.717) is 5.89 Å². The third kappa shape index (κ3) is 2.42. The summed E-state index contributed by atoms with van der Waals surface area (Å²) in [6.45, 7) is 4.10. The molecule has 0 bridgehead atoms. The molecule has 3 heterocycles. The van der Waals surface area contributed by atoms with E-state index in [9.17, 15) is 0 Å². The molecule has 1 aliphatic heterocycles. The highest BCUT2D eigenvalue weighted by Gasteiger charge is 2.20. The van der Waals surface area contributed by atoms with Gasteiger partial charge in [-0.05, 0) is 54.8 Å². The zero-order valence-electron chi connectivity index (χ0n) is 14.7. The molecule has 4 heteroatoms. The summed E-state index contributed by atoms with van der Waals surface area (Å²) >= 11 is 0. The summed E-state index contributed by atoms with van der Waals surface area (Å²) in [6, 6.07) is 16.4. The average Bonchev–Trinajstić information content (AvgIpc) is 3.26. The van der Waals surface area contributed by atoms with Gasteiger partial charge in [0.05, 0.1) is 5.69 Å². The van der Waals surface area contributed by atoms with Crippen LogP contribution in [-0.4, -0.2) is 15.7 Å². The zero-order valence-corrected chi connectivity index (χ0v) is 14.7. The van der Waals surface area contributed by atoms with Crippen molar-refractivity contribution in [2.75, 3.05) is 0 Å². The van der Waals surface area contributed by atoms with Crippen LogP contribution in [0.3, 0.4) is 0 Å². The van der Waals surface area contributed by atoms with Crippen molar-refractivity contribution < 1.29 is 4.42 Å². The first-order valence-electron chi connectivity index (χ1n) is 8.67. The summed E-state index contributed by atoms with van der Waals surface area (Å²) in [5.41, 5.74) is 9.12. The fraction of sp³-hybridized carbons (Fsp3) is 0.136. The smallest absolute Gasteiger partial charge is 0.242 e. The van der Waals surface area contributed by atoms with Crippen LogP contribution in [-0.2, 0) is 6.42 Å². The Morgan fingerprint density at radius 3 is 2.69 bits per heavy atom. The van der Waals surface area contributed by atoms with E-state index in [1.165, 1.54) is 11.1 Å². The van der Waals surface area contributed by atoms with Crippen LogP contribution in [0.2, 0.25) is 0 Å². The van der Waals surface area contributed by atoms with Crippen molar-refractivity contribution in [1.82, 2.24) is 9.97 Å². The predicted molar refractivity (Wildman–Crippen MR) is 103 cm³/mol. The van der Waals surface area contributed by atoms with Gasteiger partial charge in [-0.3, -0.25) is 4.98 Å². The SMILES string of the molecule is Cc1cc(-c2ccc3nc(C4=Nc5ccccc5C4)oc3c2)cnc1C. The monoisotopic (exact) mass is 339 g/mol. The number of hydrogen-bond donors (Lipinski definition) is 0. The number of fused-ring (bicyclic) bond motifs is 2. The number of pyridine rings is 1. The van der Waals surface area contributed by atoms with Crippen LogP contribution in [0, 0.1) is 13.8 Å². The van der Waals surface area contributed by atoms with Gasteiger partial charge in [0.1, 0.15) is 11.2 Å². The second-order valence-electron chi connectivity index (χ2n) is 6.69. The Bertz CT molecular complexity index is 1190. The Labute approximate surface area is 151 Å². The largest absolute Gasteiger partial charge is 0.435 e. The van der Waals surface area contributed by atoms with Crippen LogP contribution in [0.1, 0.15) is 22.7 Å². The van der Waals surface area contributed by atoms with Crippen molar-refractivity contribution in [3.63, 3.8) is 0 Å². The van der Waals surface area contributed by atoms with E-state index in [4.69, 9.17) is 4.42 Å². The minimum Gasteiger partial charge on any atom is -0.435 e. The molecule has 4 aromatic rings. The van der Waals surface area contributed by atoms with Gasteiger partial charge in [0.15, 0.2) is 5.58 Å². The van der Waals surface area contributed by atoms with E-state index in [1.807, 2.05) is 43.5 Å². The first kappa shape index (κ1) is 15.0. The van der Waals surface area contributed by atoms with Crippen molar-refractivity contribution in [3.05, 3.63) is 77.4 Å². The number of oxazole rings is 1. The average molecular weight is 339 g/mol.